The minimum atomic E-state index is -1.44. The van der Waals surface area contributed by atoms with Crippen molar-refractivity contribution in [1.82, 2.24) is 0 Å². The van der Waals surface area contributed by atoms with Crippen LogP contribution < -0.4 is 19.8 Å². The number of nitrogens with one attached hydrogen (secondary N) is 3. The average Bonchev–Trinajstić information content (AvgIpc) is 3.26. The third kappa shape index (κ3) is 10.5. The van der Waals surface area contributed by atoms with Gasteiger partial charge < -0.3 is 25.0 Å². The highest BCUT2D eigenvalue weighted by Crippen LogP contribution is 2.28. The minimum absolute atomic E-state index is 0.117. The summed E-state index contributed by atoms with van der Waals surface area (Å²) in [7, 11) is 1.34. The lowest BCUT2D eigenvalue weighted by Gasteiger charge is -2.31. The van der Waals surface area contributed by atoms with E-state index >= 15 is 0 Å². The number of hydrogen-bond acceptors (Lipinski definition) is 8. The van der Waals surface area contributed by atoms with Crippen LogP contribution in [0, 0.1) is 5.92 Å². The summed E-state index contributed by atoms with van der Waals surface area (Å²) in [5.41, 5.74) is 5.33. The average molecular weight is 794 g/mol. The van der Waals surface area contributed by atoms with Crippen LogP contribution in [-0.4, -0.2) is 67.9 Å². The molecule has 2 fully saturated rings. The monoisotopic (exact) mass is 793 g/mol. The number of quaternary nitrogens is 1. The Morgan fingerprint density at radius 3 is 2.04 bits per heavy atom. The molecule has 0 spiro atoms. The number of carbonyl (C=O) groups excluding carboxylic acids is 4. The Balaban J connectivity index is 1.14. The van der Waals surface area contributed by atoms with E-state index in [4.69, 9.17) is 9.47 Å². The molecule has 4 aromatic carbocycles. The number of aryl methyl sites for hydroxylation is 2. The summed E-state index contributed by atoms with van der Waals surface area (Å²) >= 11 is 0. The number of carbonyl (C=O) groups is 4. The molecule has 4 aromatic rings. The summed E-state index contributed by atoms with van der Waals surface area (Å²) in [6, 6.07) is 27.7. The third-order valence-electron chi connectivity index (χ3n) is 11.1. The first-order chi connectivity index (χ1) is 27.7. The van der Waals surface area contributed by atoms with Gasteiger partial charge in [0.2, 0.25) is 11.0 Å². The van der Waals surface area contributed by atoms with Crippen LogP contribution in [0.1, 0.15) is 94.1 Å². The number of benzene rings is 4. The van der Waals surface area contributed by atoms with Crippen molar-refractivity contribution < 1.29 is 37.2 Å². The Kier molecular flexibility index (Phi) is 14.3. The number of methoxy groups -OCH3 is 2. The maximum absolute atomic E-state index is 14.0. The lowest BCUT2D eigenvalue weighted by Crippen LogP contribution is -3.15. The summed E-state index contributed by atoms with van der Waals surface area (Å²) in [4.78, 5) is 54.4. The number of ether oxygens (including phenoxy) is 2. The van der Waals surface area contributed by atoms with E-state index in [9.17, 15) is 23.4 Å². The third-order valence-corrected chi connectivity index (χ3v) is 12.9. The largest absolute Gasteiger partial charge is 0.469 e. The molecule has 6 rings (SSSR count). The van der Waals surface area contributed by atoms with Crippen LogP contribution in [0.2, 0.25) is 0 Å². The molecule has 1 saturated carbocycles. The maximum Gasteiger partial charge on any atom is 0.337 e. The predicted molar refractivity (Wildman–Crippen MR) is 222 cm³/mol. The van der Waals surface area contributed by atoms with Crippen molar-refractivity contribution >= 4 is 51.8 Å². The second-order valence-corrected chi connectivity index (χ2v) is 16.3. The normalized spacial score (nSPS) is 17.8. The van der Waals surface area contributed by atoms with Crippen LogP contribution in [0.5, 0.6) is 0 Å². The molecule has 0 bridgehead atoms. The van der Waals surface area contributed by atoms with E-state index < -0.39 is 16.9 Å². The van der Waals surface area contributed by atoms with Gasteiger partial charge in [-0.25, -0.2) is 9.10 Å². The lowest BCUT2D eigenvalue weighted by molar-refractivity contribution is -0.793. The highest BCUT2D eigenvalue weighted by molar-refractivity contribution is 7.78. The topological polar surface area (TPSA) is 136 Å². The van der Waals surface area contributed by atoms with Gasteiger partial charge in [0, 0.05) is 42.9 Å². The number of nitrogens with zero attached hydrogens (tertiary/aromatic N) is 1. The SMILES string of the molecule is CC[NH+](C1CCC(C(=O)OC)CC1)S(=O)c1cccc(C(=O)Nc2ccc(N3CCCCC3)cc2C(=O)Nc2ccc(CCc3ccc(C(=O)OC)cc3)cc2)c1. The van der Waals surface area contributed by atoms with Gasteiger partial charge in [0.1, 0.15) is 6.04 Å². The van der Waals surface area contributed by atoms with Crippen LogP contribution in [0.25, 0.3) is 0 Å². The van der Waals surface area contributed by atoms with E-state index in [0.29, 0.717) is 52.3 Å². The number of anilines is 3. The number of rotatable bonds is 14. The summed E-state index contributed by atoms with van der Waals surface area (Å²) in [5, 5.41) is 6.01. The summed E-state index contributed by atoms with van der Waals surface area (Å²) in [5.74, 6) is -1.41. The fourth-order valence-electron chi connectivity index (χ4n) is 7.83. The van der Waals surface area contributed by atoms with E-state index in [0.717, 1.165) is 72.7 Å². The second kappa shape index (κ2) is 19.7. The minimum Gasteiger partial charge on any atom is -0.469 e. The van der Waals surface area contributed by atoms with Crippen LogP contribution >= 0.6 is 0 Å². The number of esters is 2. The van der Waals surface area contributed by atoms with Gasteiger partial charge in [-0.1, -0.05) is 30.3 Å². The van der Waals surface area contributed by atoms with Crippen LogP contribution in [0.4, 0.5) is 17.1 Å². The zero-order valence-corrected chi connectivity index (χ0v) is 33.8. The molecule has 2 unspecified atom stereocenters. The Labute approximate surface area is 337 Å². The second-order valence-electron chi connectivity index (χ2n) is 14.8. The van der Waals surface area contributed by atoms with Crippen molar-refractivity contribution in [3.63, 3.8) is 0 Å². The van der Waals surface area contributed by atoms with Crippen LogP contribution in [0.3, 0.4) is 0 Å². The Bertz CT molecular complexity index is 2060. The Morgan fingerprint density at radius 1 is 0.737 bits per heavy atom. The van der Waals surface area contributed by atoms with Crippen molar-refractivity contribution in [1.29, 1.82) is 0 Å². The number of piperidine rings is 1. The van der Waals surface area contributed by atoms with Gasteiger partial charge in [0.25, 0.3) is 11.8 Å². The molecular weight excluding hydrogens is 741 g/mol. The number of hydrogen-bond donors (Lipinski definition) is 3. The van der Waals surface area contributed by atoms with Gasteiger partial charge in [0.05, 0.1) is 48.4 Å². The maximum atomic E-state index is 14.0. The van der Waals surface area contributed by atoms with Crippen molar-refractivity contribution in [3.8, 4) is 0 Å². The highest BCUT2D eigenvalue weighted by Gasteiger charge is 2.35. The number of amides is 2. The van der Waals surface area contributed by atoms with Gasteiger partial charge in [-0.3, -0.25) is 14.4 Å². The van der Waals surface area contributed by atoms with Gasteiger partial charge >= 0.3 is 11.9 Å². The predicted octanol–water partition coefficient (Wildman–Crippen LogP) is 6.41. The highest BCUT2D eigenvalue weighted by atomic mass is 32.2. The Hall–Kier alpha value is -5.33. The van der Waals surface area contributed by atoms with Crippen molar-refractivity contribution in [2.24, 2.45) is 5.92 Å². The first-order valence-electron chi connectivity index (χ1n) is 19.9. The first kappa shape index (κ1) is 41.3. The molecule has 2 amide bonds. The van der Waals surface area contributed by atoms with Gasteiger partial charge in [-0.2, -0.15) is 4.21 Å². The molecule has 2 atom stereocenters. The fourth-order valence-corrected chi connectivity index (χ4v) is 9.37. The van der Waals surface area contributed by atoms with E-state index in [1.807, 2.05) is 55.5 Å². The molecule has 3 N–H and O–H groups in total. The molecule has 1 saturated heterocycles. The van der Waals surface area contributed by atoms with E-state index in [1.54, 1.807) is 42.5 Å². The fraction of sp³-hybridized carbons (Fsp3) is 0.378. The quantitative estimate of drug-likeness (QED) is 0.125. The van der Waals surface area contributed by atoms with E-state index in [1.165, 1.54) is 20.6 Å². The molecule has 1 aliphatic heterocycles. The molecule has 2 aliphatic rings. The molecule has 1 heterocycles. The van der Waals surface area contributed by atoms with Crippen LogP contribution in [0.15, 0.2) is 95.9 Å². The Morgan fingerprint density at radius 2 is 1.40 bits per heavy atom. The molecule has 12 heteroatoms. The van der Waals surface area contributed by atoms with Gasteiger partial charge in [-0.05, 0) is 124 Å². The smallest absolute Gasteiger partial charge is 0.337 e. The lowest BCUT2D eigenvalue weighted by atomic mass is 9.86. The molecular formula is C45H53N4O7S+. The zero-order valence-electron chi connectivity index (χ0n) is 33.0. The van der Waals surface area contributed by atoms with Gasteiger partial charge in [-0.15, -0.1) is 0 Å². The van der Waals surface area contributed by atoms with Crippen molar-refractivity contribution in [2.45, 2.75) is 75.6 Å². The molecule has 57 heavy (non-hydrogen) atoms. The molecule has 300 valence electrons. The molecule has 11 nitrogen and oxygen atoms in total. The molecule has 0 aromatic heterocycles. The molecule has 0 radical (unpaired) electrons. The summed E-state index contributed by atoms with van der Waals surface area (Å²) < 4.78 is 24.6. The van der Waals surface area contributed by atoms with Crippen LogP contribution in [-0.2, 0) is 38.1 Å². The first-order valence-corrected chi connectivity index (χ1v) is 21.1. The van der Waals surface area contributed by atoms with Crippen molar-refractivity contribution in [2.75, 3.05) is 49.4 Å². The van der Waals surface area contributed by atoms with Crippen molar-refractivity contribution in [3.05, 3.63) is 119 Å². The van der Waals surface area contributed by atoms with Gasteiger partial charge in [0.15, 0.2) is 0 Å². The molecule has 1 aliphatic carbocycles. The van der Waals surface area contributed by atoms with E-state index in [-0.39, 0.29) is 29.8 Å². The standard InChI is InChI=1S/C45H52N4O7S/c1-4-49(37-23-19-34(20-24-37)45(53)56-3)57(54)39-10-8-9-35(29-39)42(50)47-41-26-25-38(48-27-6-5-7-28-48)30-40(41)43(51)46-36-21-15-32(16-22-36)12-11-31-13-17-33(18-14-31)44(52)55-2/h8-10,13-18,21-22,25-26,29-30,34,37H,4-7,11-12,19-20,23-24,27-28H2,1-3H3,(H,46,51)(H,47,50)/p+1. The van der Waals surface area contributed by atoms with E-state index in [2.05, 4.69) is 15.5 Å². The zero-order chi connectivity index (χ0) is 40.3. The summed E-state index contributed by atoms with van der Waals surface area (Å²) in [6.45, 7) is 4.44. The summed E-state index contributed by atoms with van der Waals surface area (Å²) in [6.07, 6.45) is 7.85.